The molecule has 1 aliphatic heterocycles. The van der Waals surface area contributed by atoms with Crippen molar-refractivity contribution in [1.29, 1.82) is 0 Å². The molecule has 0 saturated carbocycles. The molecule has 0 aliphatic carbocycles. The zero-order valence-corrected chi connectivity index (χ0v) is 30.1. The Balaban J connectivity index is 1.50. The van der Waals surface area contributed by atoms with E-state index in [1.165, 1.54) is 27.4 Å². The molecule has 0 saturated heterocycles. The summed E-state index contributed by atoms with van der Waals surface area (Å²) in [6.45, 7) is 2.08. The number of phenols is 2. The van der Waals surface area contributed by atoms with E-state index in [2.05, 4.69) is 15.3 Å². The predicted octanol–water partition coefficient (Wildman–Crippen LogP) is 6.75. The minimum atomic E-state index is -0.970. The molecule has 2 atom stereocenters. The van der Waals surface area contributed by atoms with Crippen LogP contribution in [-0.4, -0.2) is 71.8 Å². The zero-order chi connectivity index (χ0) is 37.2. The van der Waals surface area contributed by atoms with Gasteiger partial charge in [-0.1, -0.05) is 24.3 Å². The monoisotopic (exact) mass is 713 g/mol. The summed E-state index contributed by atoms with van der Waals surface area (Å²) in [5, 5.41) is 26.5. The number of aromatic nitrogens is 2. The Morgan fingerprint density at radius 1 is 1.04 bits per heavy atom. The van der Waals surface area contributed by atoms with Gasteiger partial charge in [-0.15, -0.1) is 0 Å². The van der Waals surface area contributed by atoms with Gasteiger partial charge in [-0.25, -0.2) is 9.78 Å². The smallest absolute Gasteiger partial charge is 0.342 e. The van der Waals surface area contributed by atoms with E-state index in [4.69, 9.17) is 18.9 Å². The molecule has 0 spiro atoms. The number of carbonyl (C=O) groups excluding carboxylic acids is 3. The molecular formula is C40H47N3O9. The van der Waals surface area contributed by atoms with Crippen molar-refractivity contribution >= 4 is 34.8 Å². The Morgan fingerprint density at radius 3 is 2.48 bits per heavy atom. The van der Waals surface area contributed by atoms with E-state index < -0.39 is 23.7 Å². The Kier molecular flexibility index (Phi) is 12.8. The summed E-state index contributed by atoms with van der Waals surface area (Å²) in [7, 11) is 4.40. The third-order valence-corrected chi connectivity index (χ3v) is 9.23. The summed E-state index contributed by atoms with van der Waals surface area (Å²) in [6.07, 6.45) is 6.99. The fourth-order valence-corrected chi connectivity index (χ4v) is 6.57. The van der Waals surface area contributed by atoms with Gasteiger partial charge in [-0.3, -0.25) is 9.59 Å². The Morgan fingerprint density at radius 2 is 1.77 bits per heavy atom. The fraction of sp³-hybridized carbons (Fsp3) is 0.400. The number of para-hydroxylation sites is 2. The number of aryl methyl sites for hydroxylation is 1. The van der Waals surface area contributed by atoms with Crippen molar-refractivity contribution in [3.8, 4) is 28.7 Å². The van der Waals surface area contributed by atoms with E-state index in [-0.39, 0.29) is 40.6 Å². The van der Waals surface area contributed by atoms with Gasteiger partial charge >= 0.3 is 5.97 Å². The zero-order valence-electron chi connectivity index (χ0n) is 30.1. The number of hydrogen-bond donors (Lipinski definition) is 4. The highest BCUT2D eigenvalue weighted by Gasteiger charge is 2.32. The minimum Gasteiger partial charge on any atom is -0.507 e. The first kappa shape index (κ1) is 37.7. The van der Waals surface area contributed by atoms with Crippen molar-refractivity contribution in [2.45, 2.75) is 76.7 Å². The minimum absolute atomic E-state index is 0.0323. The predicted molar refractivity (Wildman–Crippen MR) is 196 cm³/mol. The highest BCUT2D eigenvalue weighted by molar-refractivity contribution is 5.98. The molecule has 52 heavy (non-hydrogen) atoms. The number of carbonyl (C=O) groups is 3. The van der Waals surface area contributed by atoms with E-state index in [0.717, 1.165) is 16.9 Å². The number of aromatic amines is 1. The van der Waals surface area contributed by atoms with Crippen LogP contribution in [0.25, 0.3) is 17.1 Å². The van der Waals surface area contributed by atoms with Crippen LogP contribution in [0.4, 0.5) is 0 Å². The van der Waals surface area contributed by atoms with Gasteiger partial charge in [0.15, 0.2) is 11.5 Å². The van der Waals surface area contributed by atoms with Crippen molar-refractivity contribution in [1.82, 2.24) is 15.3 Å². The van der Waals surface area contributed by atoms with Crippen LogP contribution >= 0.6 is 0 Å². The number of rotatable bonds is 11. The van der Waals surface area contributed by atoms with Crippen LogP contribution in [-0.2, 0) is 20.7 Å². The molecule has 2 unspecified atom stereocenters. The maximum Gasteiger partial charge on any atom is 0.342 e. The molecule has 276 valence electrons. The molecule has 12 nitrogen and oxygen atoms in total. The second-order valence-corrected chi connectivity index (χ2v) is 12.9. The summed E-state index contributed by atoms with van der Waals surface area (Å²) in [4.78, 5) is 47.5. The molecule has 4 N–H and O–H groups in total. The summed E-state index contributed by atoms with van der Waals surface area (Å²) < 4.78 is 22.5. The molecule has 12 heteroatoms. The number of H-pyrrole nitrogens is 1. The normalized spacial score (nSPS) is 16.0. The molecule has 2 heterocycles. The molecule has 0 radical (unpaired) electrons. The van der Waals surface area contributed by atoms with E-state index in [0.29, 0.717) is 80.7 Å². The van der Waals surface area contributed by atoms with Gasteiger partial charge in [-0.2, -0.15) is 0 Å². The average Bonchev–Trinajstić information content (AvgIpc) is 3.54. The van der Waals surface area contributed by atoms with Crippen LogP contribution < -0.4 is 19.5 Å². The number of hydrogen-bond acceptors (Lipinski definition) is 10. The second-order valence-electron chi connectivity index (χ2n) is 12.9. The SMILES string of the molecule is COc1cc(C(CC(=O)NCCCc2nc3ccccc3[nH]2)c2c(O)cc3c(c2O)C(=O)OC(C)CCCC(=O)CCCC=C3)cc(OC)c1OC. The number of Topliss-reactive ketones (excluding diaryl/α,β-unsaturated/α-hetero) is 1. The van der Waals surface area contributed by atoms with Crippen LogP contribution in [0.3, 0.4) is 0 Å². The summed E-state index contributed by atoms with van der Waals surface area (Å²) in [6, 6.07) is 12.4. The van der Waals surface area contributed by atoms with Crippen LogP contribution in [0.2, 0.25) is 0 Å². The van der Waals surface area contributed by atoms with Gasteiger partial charge < -0.3 is 39.5 Å². The number of methoxy groups -OCH3 is 3. The van der Waals surface area contributed by atoms with E-state index in [9.17, 15) is 24.6 Å². The number of ether oxygens (including phenoxy) is 4. The maximum atomic E-state index is 13.7. The van der Waals surface area contributed by atoms with E-state index >= 15 is 0 Å². The summed E-state index contributed by atoms with van der Waals surface area (Å²) in [5.74, 6) is -1.02. The summed E-state index contributed by atoms with van der Waals surface area (Å²) in [5.41, 5.74) is 2.36. The molecule has 5 rings (SSSR count). The number of fused-ring (bicyclic) bond motifs is 2. The lowest BCUT2D eigenvalue weighted by Crippen LogP contribution is -2.27. The van der Waals surface area contributed by atoms with Crippen LogP contribution in [0, 0.1) is 0 Å². The van der Waals surface area contributed by atoms with Gasteiger partial charge in [0.05, 0.1) is 38.5 Å². The number of nitrogens with one attached hydrogen (secondary N) is 2. The highest BCUT2D eigenvalue weighted by Crippen LogP contribution is 2.47. The van der Waals surface area contributed by atoms with Gasteiger partial charge in [0, 0.05) is 43.7 Å². The third kappa shape index (κ3) is 9.03. The molecule has 0 bridgehead atoms. The van der Waals surface area contributed by atoms with Crippen molar-refractivity contribution in [3.63, 3.8) is 0 Å². The molecule has 1 aliphatic rings. The molecular weight excluding hydrogens is 666 g/mol. The molecule has 1 amide bonds. The van der Waals surface area contributed by atoms with Crippen LogP contribution in [0.5, 0.6) is 28.7 Å². The number of aromatic hydroxyl groups is 2. The number of allylic oxidation sites excluding steroid dienone is 1. The molecule has 0 fully saturated rings. The number of benzene rings is 3. The molecule has 3 aromatic carbocycles. The molecule has 4 aromatic rings. The second kappa shape index (κ2) is 17.6. The third-order valence-electron chi connectivity index (χ3n) is 9.23. The van der Waals surface area contributed by atoms with Gasteiger partial charge in [-0.05, 0) is 80.5 Å². The van der Waals surface area contributed by atoms with Crippen molar-refractivity contribution < 1.29 is 43.5 Å². The number of amides is 1. The largest absolute Gasteiger partial charge is 0.507 e. The van der Waals surface area contributed by atoms with Gasteiger partial charge in [0.1, 0.15) is 28.7 Å². The van der Waals surface area contributed by atoms with Crippen molar-refractivity contribution in [2.75, 3.05) is 27.9 Å². The molecule has 1 aromatic heterocycles. The number of esters is 1. The summed E-state index contributed by atoms with van der Waals surface area (Å²) >= 11 is 0. The first-order chi connectivity index (χ1) is 25.1. The van der Waals surface area contributed by atoms with Gasteiger partial charge in [0.25, 0.3) is 0 Å². The quantitative estimate of drug-likeness (QED) is 0.0963. The first-order valence-electron chi connectivity index (χ1n) is 17.6. The lowest BCUT2D eigenvalue weighted by atomic mass is 9.84. The average molecular weight is 714 g/mol. The standard InChI is InChI=1S/C40H47N3O9/c1-24-12-10-15-27(44)14-7-5-6-13-25-20-31(45)37(38(47)36(25)40(48)52-24)28(26-21-32(49-2)39(51-4)33(22-26)50-3)23-35(46)41-19-11-18-34-42-29-16-8-9-17-30(29)43-34/h6,8-9,13,16-17,20-22,24,28,45,47H,5,7,10-12,14-15,18-19,23H2,1-4H3,(H,41,46)(H,42,43). The van der Waals surface area contributed by atoms with E-state index in [1.807, 2.05) is 24.3 Å². The Bertz CT molecular complexity index is 1870. The van der Waals surface area contributed by atoms with Crippen molar-refractivity contribution in [3.05, 3.63) is 76.6 Å². The topological polar surface area (TPSA) is 169 Å². The van der Waals surface area contributed by atoms with Crippen LogP contribution in [0.1, 0.15) is 97.1 Å². The number of imidazole rings is 1. The fourth-order valence-electron chi connectivity index (χ4n) is 6.57. The first-order valence-corrected chi connectivity index (χ1v) is 17.6. The van der Waals surface area contributed by atoms with Crippen LogP contribution in [0.15, 0.2) is 48.5 Å². The maximum absolute atomic E-state index is 13.7. The number of ketones is 1. The van der Waals surface area contributed by atoms with Gasteiger partial charge in [0.2, 0.25) is 11.7 Å². The van der Waals surface area contributed by atoms with Crippen molar-refractivity contribution in [2.24, 2.45) is 0 Å². The lowest BCUT2D eigenvalue weighted by molar-refractivity contribution is -0.121. The Labute approximate surface area is 303 Å². The number of cyclic esters (lactones) is 1. The number of phenolic OH excluding ortho intramolecular Hbond substituents is 2. The highest BCUT2D eigenvalue weighted by atomic mass is 16.5. The Hall–Kier alpha value is -5.52. The lowest BCUT2D eigenvalue weighted by Gasteiger charge is -2.24. The van der Waals surface area contributed by atoms with E-state index in [1.54, 1.807) is 31.2 Å². The number of nitrogens with zero attached hydrogens (tertiary/aromatic N) is 1.